The molecule has 3 rings (SSSR count). The molecule has 2 aromatic carbocycles. The Balaban J connectivity index is 1.62. The van der Waals surface area contributed by atoms with Crippen LogP contribution in [0.25, 0.3) is 10.8 Å². The second kappa shape index (κ2) is 6.04. The van der Waals surface area contributed by atoms with Gasteiger partial charge in [-0.3, -0.25) is 0 Å². The molecule has 1 heterocycles. The van der Waals surface area contributed by atoms with Gasteiger partial charge in [-0.1, -0.05) is 36.4 Å². The van der Waals surface area contributed by atoms with E-state index in [4.69, 9.17) is 9.47 Å². The predicted octanol–water partition coefficient (Wildman–Crippen LogP) is 2.60. The molecule has 0 radical (unpaired) electrons. The molecule has 0 spiro atoms. The predicted molar refractivity (Wildman–Crippen MR) is 76.7 cm³/mol. The Morgan fingerprint density at radius 2 is 2.05 bits per heavy atom. The minimum Gasteiger partial charge on any atom is -0.493 e. The topological polar surface area (TPSA) is 30.5 Å². The zero-order valence-corrected chi connectivity index (χ0v) is 11.0. The van der Waals surface area contributed by atoms with Gasteiger partial charge in [0.05, 0.1) is 19.8 Å². The summed E-state index contributed by atoms with van der Waals surface area (Å²) in [6.07, 6.45) is 0.975. The molecule has 19 heavy (non-hydrogen) atoms. The zero-order chi connectivity index (χ0) is 12.9. The molecule has 0 aromatic heterocycles. The van der Waals surface area contributed by atoms with Gasteiger partial charge in [0.25, 0.3) is 0 Å². The number of rotatable bonds is 4. The Hall–Kier alpha value is -1.58. The van der Waals surface area contributed by atoms with Crippen LogP contribution < -0.4 is 10.1 Å². The lowest BCUT2D eigenvalue weighted by molar-refractivity contribution is 0.0692. The molecule has 1 fully saturated rings. The molecule has 100 valence electrons. The molecule has 0 saturated carbocycles. The van der Waals surface area contributed by atoms with Crippen molar-refractivity contribution in [2.75, 3.05) is 26.4 Å². The highest BCUT2D eigenvalue weighted by Crippen LogP contribution is 2.25. The summed E-state index contributed by atoms with van der Waals surface area (Å²) < 4.78 is 11.4. The van der Waals surface area contributed by atoms with Crippen molar-refractivity contribution >= 4 is 10.8 Å². The normalized spacial score (nSPS) is 19.5. The molecule has 1 unspecified atom stereocenters. The SMILES string of the molecule is c1ccc2c(OCCC3COCCN3)cccc2c1. The van der Waals surface area contributed by atoms with E-state index in [1.807, 2.05) is 18.2 Å². The first-order valence-corrected chi connectivity index (χ1v) is 6.85. The van der Waals surface area contributed by atoms with Gasteiger partial charge in [-0.15, -0.1) is 0 Å². The molecule has 1 aliphatic rings. The molecule has 1 saturated heterocycles. The van der Waals surface area contributed by atoms with E-state index in [9.17, 15) is 0 Å². The van der Waals surface area contributed by atoms with Crippen LogP contribution in [0.15, 0.2) is 42.5 Å². The van der Waals surface area contributed by atoms with Crippen molar-refractivity contribution in [3.63, 3.8) is 0 Å². The van der Waals surface area contributed by atoms with E-state index in [1.54, 1.807) is 0 Å². The molecule has 0 bridgehead atoms. The zero-order valence-electron chi connectivity index (χ0n) is 11.0. The Bertz CT molecular complexity index is 530. The molecule has 0 amide bonds. The van der Waals surface area contributed by atoms with Crippen molar-refractivity contribution in [3.05, 3.63) is 42.5 Å². The second-order valence-corrected chi connectivity index (χ2v) is 4.84. The van der Waals surface area contributed by atoms with Crippen molar-refractivity contribution in [2.45, 2.75) is 12.5 Å². The number of nitrogens with one attached hydrogen (secondary N) is 1. The first kappa shape index (κ1) is 12.5. The molecule has 0 aliphatic carbocycles. The third-order valence-corrected chi connectivity index (χ3v) is 3.47. The lowest BCUT2D eigenvalue weighted by Gasteiger charge is -2.23. The van der Waals surface area contributed by atoms with E-state index in [2.05, 4.69) is 29.6 Å². The van der Waals surface area contributed by atoms with Gasteiger partial charge >= 0.3 is 0 Å². The fraction of sp³-hybridized carbons (Fsp3) is 0.375. The van der Waals surface area contributed by atoms with Crippen molar-refractivity contribution in [2.24, 2.45) is 0 Å². The monoisotopic (exact) mass is 257 g/mol. The summed E-state index contributed by atoms with van der Waals surface area (Å²) in [7, 11) is 0. The van der Waals surface area contributed by atoms with Gasteiger partial charge in [-0.05, 0) is 17.9 Å². The number of hydrogen-bond acceptors (Lipinski definition) is 3. The summed E-state index contributed by atoms with van der Waals surface area (Å²) in [6.45, 7) is 3.27. The fourth-order valence-electron chi connectivity index (χ4n) is 2.44. The number of benzene rings is 2. The summed E-state index contributed by atoms with van der Waals surface area (Å²) in [5, 5.41) is 5.84. The van der Waals surface area contributed by atoms with Crippen LogP contribution in [0.3, 0.4) is 0 Å². The van der Waals surface area contributed by atoms with Crippen LogP contribution in [0.5, 0.6) is 5.75 Å². The third kappa shape index (κ3) is 3.06. The maximum atomic E-state index is 5.93. The van der Waals surface area contributed by atoms with Crippen LogP contribution >= 0.6 is 0 Å². The van der Waals surface area contributed by atoms with Gasteiger partial charge in [0, 0.05) is 18.0 Å². The van der Waals surface area contributed by atoms with E-state index >= 15 is 0 Å². The quantitative estimate of drug-likeness (QED) is 0.913. The standard InChI is InChI=1S/C16H19NO2/c1-2-6-15-13(4-1)5-3-7-16(15)19-10-8-14-12-18-11-9-17-14/h1-7,14,17H,8-12H2. The third-order valence-electron chi connectivity index (χ3n) is 3.47. The minimum atomic E-state index is 0.420. The average molecular weight is 257 g/mol. The average Bonchev–Trinajstić information content (AvgIpc) is 2.49. The molecule has 1 aliphatic heterocycles. The molecule has 1 N–H and O–H groups in total. The van der Waals surface area contributed by atoms with Crippen LogP contribution in [0.4, 0.5) is 0 Å². The summed E-state index contributed by atoms with van der Waals surface area (Å²) in [6, 6.07) is 14.9. The fourth-order valence-corrected chi connectivity index (χ4v) is 2.44. The van der Waals surface area contributed by atoms with Crippen LogP contribution in [0.2, 0.25) is 0 Å². The first-order chi connectivity index (χ1) is 9.43. The van der Waals surface area contributed by atoms with E-state index in [1.165, 1.54) is 10.8 Å². The van der Waals surface area contributed by atoms with Gasteiger partial charge in [-0.2, -0.15) is 0 Å². The van der Waals surface area contributed by atoms with Crippen molar-refractivity contribution in [1.29, 1.82) is 0 Å². The molecular formula is C16H19NO2. The van der Waals surface area contributed by atoms with E-state index in [-0.39, 0.29) is 0 Å². The van der Waals surface area contributed by atoms with E-state index in [0.717, 1.165) is 38.5 Å². The number of ether oxygens (including phenoxy) is 2. The first-order valence-electron chi connectivity index (χ1n) is 6.85. The Morgan fingerprint density at radius 3 is 2.95 bits per heavy atom. The molecule has 3 heteroatoms. The maximum Gasteiger partial charge on any atom is 0.127 e. The highest BCUT2D eigenvalue weighted by molar-refractivity contribution is 5.88. The van der Waals surface area contributed by atoms with Gasteiger partial charge in [-0.25, -0.2) is 0 Å². The molecular weight excluding hydrogens is 238 g/mol. The number of morpholine rings is 1. The lowest BCUT2D eigenvalue weighted by atomic mass is 10.1. The smallest absolute Gasteiger partial charge is 0.127 e. The molecule has 3 nitrogen and oxygen atoms in total. The Kier molecular flexibility index (Phi) is 3.96. The van der Waals surface area contributed by atoms with Crippen LogP contribution in [0.1, 0.15) is 6.42 Å². The summed E-state index contributed by atoms with van der Waals surface area (Å²) in [4.78, 5) is 0. The molecule has 2 aromatic rings. The Labute approximate surface area is 113 Å². The maximum absolute atomic E-state index is 5.93. The second-order valence-electron chi connectivity index (χ2n) is 4.84. The van der Waals surface area contributed by atoms with Gasteiger partial charge in [0.15, 0.2) is 0 Å². The van der Waals surface area contributed by atoms with Gasteiger partial charge in [0.1, 0.15) is 5.75 Å². The summed E-state index contributed by atoms with van der Waals surface area (Å²) in [5.74, 6) is 0.967. The van der Waals surface area contributed by atoms with Crippen LogP contribution in [-0.4, -0.2) is 32.4 Å². The largest absolute Gasteiger partial charge is 0.493 e. The van der Waals surface area contributed by atoms with E-state index in [0.29, 0.717) is 6.04 Å². The number of fused-ring (bicyclic) bond motifs is 1. The van der Waals surface area contributed by atoms with Crippen molar-refractivity contribution in [1.82, 2.24) is 5.32 Å². The Morgan fingerprint density at radius 1 is 1.16 bits per heavy atom. The minimum absolute atomic E-state index is 0.420. The summed E-state index contributed by atoms with van der Waals surface area (Å²) >= 11 is 0. The van der Waals surface area contributed by atoms with Crippen LogP contribution in [-0.2, 0) is 4.74 Å². The summed E-state index contributed by atoms with van der Waals surface area (Å²) in [5.41, 5.74) is 0. The molecule has 1 atom stereocenters. The van der Waals surface area contributed by atoms with Gasteiger partial charge < -0.3 is 14.8 Å². The van der Waals surface area contributed by atoms with E-state index < -0.39 is 0 Å². The lowest BCUT2D eigenvalue weighted by Crippen LogP contribution is -2.41. The highest BCUT2D eigenvalue weighted by atomic mass is 16.5. The van der Waals surface area contributed by atoms with Gasteiger partial charge in [0.2, 0.25) is 0 Å². The highest BCUT2D eigenvalue weighted by Gasteiger charge is 2.12. The van der Waals surface area contributed by atoms with Crippen LogP contribution in [0, 0.1) is 0 Å². The van der Waals surface area contributed by atoms with Crippen molar-refractivity contribution < 1.29 is 9.47 Å². The van der Waals surface area contributed by atoms with Crippen molar-refractivity contribution in [3.8, 4) is 5.75 Å². The number of hydrogen-bond donors (Lipinski definition) is 1.